The standard InChI is InChI=1S/C15H15N3O3/c16-8-9-1-6-13-12(7-9)17-15(21)18(13)11-4-2-10(3-5-11)14(19)20/h1,6-7,10-11H,2-5H2,(H,17,21)(H,19,20)/t10-,11+. The molecular formula is C15H15N3O3. The Kier molecular flexibility index (Phi) is 3.26. The molecule has 2 aromatic rings. The molecular weight excluding hydrogens is 270 g/mol. The minimum atomic E-state index is -0.751. The summed E-state index contributed by atoms with van der Waals surface area (Å²) in [4.78, 5) is 25.9. The van der Waals surface area contributed by atoms with Crippen molar-refractivity contribution in [2.24, 2.45) is 5.92 Å². The van der Waals surface area contributed by atoms with Crippen LogP contribution in [0.3, 0.4) is 0 Å². The van der Waals surface area contributed by atoms with Gasteiger partial charge in [0.1, 0.15) is 0 Å². The lowest BCUT2D eigenvalue weighted by Crippen LogP contribution is -2.28. The van der Waals surface area contributed by atoms with Crippen LogP contribution < -0.4 is 5.69 Å². The average Bonchev–Trinajstić information content (AvgIpc) is 2.82. The van der Waals surface area contributed by atoms with E-state index in [0.29, 0.717) is 36.8 Å². The Balaban J connectivity index is 1.95. The lowest BCUT2D eigenvalue weighted by molar-refractivity contribution is -0.143. The van der Waals surface area contributed by atoms with Gasteiger partial charge in [-0.25, -0.2) is 4.79 Å². The number of nitrogens with zero attached hydrogens (tertiary/aromatic N) is 2. The maximum atomic E-state index is 12.2. The molecule has 1 aromatic carbocycles. The van der Waals surface area contributed by atoms with E-state index in [-0.39, 0.29) is 17.6 Å². The van der Waals surface area contributed by atoms with Gasteiger partial charge in [-0.3, -0.25) is 9.36 Å². The molecule has 1 aliphatic carbocycles. The van der Waals surface area contributed by atoms with E-state index in [4.69, 9.17) is 10.4 Å². The maximum Gasteiger partial charge on any atom is 0.326 e. The van der Waals surface area contributed by atoms with Gasteiger partial charge in [-0.15, -0.1) is 0 Å². The summed E-state index contributed by atoms with van der Waals surface area (Å²) in [6.45, 7) is 0. The van der Waals surface area contributed by atoms with E-state index in [1.54, 1.807) is 22.8 Å². The van der Waals surface area contributed by atoms with Gasteiger partial charge in [-0.1, -0.05) is 0 Å². The van der Waals surface area contributed by atoms with Gasteiger partial charge in [-0.2, -0.15) is 5.26 Å². The second-order valence-electron chi connectivity index (χ2n) is 5.49. The molecule has 0 aliphatic heterocycles. The van der Waals surface area contributed by atoms with Gasteiger partial charge in [0.25, 0.3) is 0 Å². The zero-order chi connectivity index (χ0) is 15.0. The number of carboxylic acid groups (broad SMARTS) is 1. The Morgan fingerprint density at radius 1 is 1.33 bits per heavy atom. The van der Waals surface area contributed by atoms with E-state index < -0.39 is 5.97 Å². The minimum absolute atomic E-state index is 0.0229. The third kappa shape index (κ3) is 2.31. The Labute approximate surface area is 120 Å². The predicted molar refractivity (Wildman–Crippen MR) is 75.9 cm³/mol. The van der Waals surface area contributed by atoms with E-state index in [0.717, 1.165) is 5.52 Å². The van der Waals surface area contributed by atoms with Crippen LogP contribution in [0.1, 0.15) is 37.3 Å². The van der Waals surface area contributed by atoms with Crippen molar-refractivity contribution >= 4 is 17.0 Å². The fourth-order valence-electron chi connectivity index (χ4n) is 3.14. The molecule has 1 saturated carbocycles. The smallest absolute Gasteiger partial charge is 0.326 e. The molecule has 108 valence electrons. The van der Waals surface area contributed by atoms with Gasteiger partial charge in [0.2, 0.25) is 0 Å². The largest absolute Gasteiger partial charge is 0.481 e. The van der Waals surface area contributed by atoms with Gasteiger partial charge in [-0.05, 0) is 43.9 Å². The first-order chi connectivity index (χ1) is 10.1. The number of hydrogen-bond acceptors (Lipinski definition) is 3. The van der Waals surface area contributed by atoms with Crippen molar-refractivity contribution < 1.29 is 9.90 Å². The second-order valence-corrected chi connectivity index (χ2v) is 5.49. The summed E-state index contributed by atoms with van der Waals surface area (Å²) in [5, 5.41) is 17.9. The third-order valence-electron chi connectivity index (χ3n) is 4.26. The fourth-order valence-corrected chi connectivity index (χ4v) is 3.14. The molecule has 6 nitrogen and oxygen atoms in total. The second kappa shape index (κ2) is 5.09. The van der Waals surface area contributed by atoms with Crippen LogP contribution in [-0.2, 0) is 4.79 Å². The Hall–Kier alpha value is -2.55. The van der Waals surface area contributed by atoms with Gasteiger partial charge in [0.15, 0.2) is 0 Å². The Morgan fingerprint density at radius 2 is 2.05 bits per heavy atom. The van der Waals surface area contributed by atoms with Crippen LogP contribution in [-0.4, -0.2) is 20.6 Å². The number of carbonyl (C=O) groups is 1. The van der Waals surface area contributed by atoms with Crippen molar-refractivity contribution in [3.63, 3.8) is 0 Å². The Bertz CT molecular complexity index is 789. The fraction of sp³-hybridized carbons (Fsp3) is 0.400. The molecule has 0 unspecified atom stereocenters. The number of fused-ring (bicyclic) bond motifs is 1. The topological polar surface area (TPSA) is 98.9 Å². The molecule has 0 bridgehead atoms. The van der Waals surface area contributed by atoms with Gasteiger partial charge in [0.05, 0.1) is 28.6 Å². The third-order valence-corrected chi connectivity index (χ3v) is 4.26. The molecule has 0 saturated heterocycles. The number of aromatic nitrogens is 2. The number of hydrogen-bond donors (Lipinski definition) is 2. The summed E-state index contributed by atoms with van der Waals surface area (Å²) in [5.41, 5.74) is 1.74. The average molecular weight is 285 g/mol. The number of imidazole rings is 1. The zero-order valence-corrected chi connectivity index (χ0v) is 11.4. The normalized spacial score (nSPS) is 22.0. The predicted octanol–water partition coefficient (Wildman–Crippen LogP) is 2.02. The molecule has 0 spiro atoms. The number of nitriles is 1. The molecule has 2 N–H and O–H groups in total. The number of aromatic amines is 1. The highest BCUT2D eigenvalue weighted by Gasteiger charge is 2.28. The van der Waals surface area contributed by atoms with Crippen LogP contribution in [0.2, 0.25) is 0 Å². The highest BCUT2D eigenvalue weighted by molar-refractivity contribution is 5.77. The first-order valence-corrected chi connectivity index (χ1v) is 6.97. The molecule has 0 amide bonds. The maximum absolute atomic E-state index is 12.2. The summed E-state index contributed by atoms with van der Waals surface area (Å²) >= 11 is 0. The molecule has 6 heteroatoms. The van der Waals surface area contributed by atoms with Crippen molar-refractivity contribution in [2.45, 2.75) is 31.7 Å². The number of rotatable bonds is 2. The van der Waals surface area contributed by atoms with E-state index >= 15 is 0 Å². The van der Waals surface area contributed by atoms with Crippen LogP contribution in [0, 0.1) is 17.2 Å². The van der Waals surface area contributed by atoms with E-state index in [1.165, 1.54) is 0 Å². The summed E-state index contributed by atoms with van der Waals surface area (Å²) < 4.78 is 1.70. The van der Waals surface area contributed by atoms with Gasteiger partial charge in [0, 0.05) is 6.04 Å². The van der Waals surface area contributed by atoms with Crippen molar-refractivity contribution in [2.75, 3.05) is 0 Å². The van der Waals surface area contributed by atoms with Crippen LogP contribution in [0.25, 0.3) is 11.0 Å². The van der Waals surface area contributed by atoms with Crippen LogP contribution in [0.15, 0.2) is 23.0 Å². The molecule has 21 heavy (non-hydrogen) atoms. The molecule has 0 radical (unpaired) electrons. The number of carboxylic acids is 1. The van der Waals surface area contributed by atoms with E-state index in [1.807, 2.05) is 6.07 Å². The quantitative estimate of drug-likeness (QED) is 0.881. The van der Waals surface area contributed by atoms with Crippen molar-refractivity contribution in [1.82, 2.24) is 9.55 Å². The van der Waals surface area contributed by atoms with Gasteiger partial charge < -0.3 is 10.1 Å². The highest BCUT2D eigenvalue weighted by atomic mass is 16.4. The molecule has 0 atom stereocenters. The van der Waals surface area contributed by atoms with Crippen molar-refractivity contribution in [3.8, 4) is 6.07 Å². The molecule has 3 rings (SSSR count). The van der Waals surface area contributed by atoms with E-state index in [9.17, 15) is 9.59 Å². The number of H-pyrrole nitrogens is 1. The van der Waals surface area contributed by atoms with Crippen molar-refractivity contribution in [3.05, 3.63) is 34.2 Å². The van der Waals surface area contributed by atoms with Gasteiger partial charge >= 0.3 is 11.7 Å². The molecule has 1 heterocycles. The van der Waals surface area contributed by atoms with E-state index in [2.05, 4.69) is 4.98 Å². The molecule has 1 aliphatic rings. The molecule has 1 aromatic heterocycles. The number of benzene rings is 1. The summed E-state index contributed by atoms with van der Waals surface area (Å²) in [6.07, 6.45) is 2.55. The summed E-state index contributed by atoms with van der Waals surface area (Å²) in [7, 11) is 0. The SMILES string of the molecule is N#Cc1ccc2c(c1)[nH]c(=O)n2[C@H]1CC[C@@H](C(=O)O)CC1. The summed E-state index contributed by atoms with van der Waals surface area (Å²) in [5.74, 6) is -1.05. The number of aliphatic carboxylic acids is 1. The molecule has 1 fully saturated rings. The first kappa shape index (κ1) is 13.4. The van der Waals surface area contributed by atoms with Crippen LogP contribution in [0.4, 0.5) is 0 Å². The zero-order valence-electron chi connectivity index (χ0n) is 11.4. The van der Waals surface area contributed by atoms with Crippen LogP contribution >= 0.6 is 0 Å². The van der Waals surface area contributed by atoms with Crippen molar-refractivity contribution in [1.29, 1.82) is 5.26 Å². The monoisotopic (exact) mass is 285 g/mol. The highest BCUT2D eigenvalue weighted by Crippen LogP contribution is 2.33. The first-order valence-electron chi connectivity index (χ1n) is 6.97. The lowest BCUT2D eigenvalue weighted by atomic mass is 9.86. The minimum Gasteiger partial charge on any atom is -0.481 e. The number of nitrogens with one attached hydrogen (secondary N) is 1. The lowest BCUT2D eigenvalue weighted by Gasteiger charge is -2.27. The Morgan fingerprint density at radius 3 is 2.67 bits per heavy atom. The van der Waals surface area contributed by atoms with Crippen LogP contribution in [0.5, 0.6) is 0 Å². The summed E-state index contributed by atoms with van der Waals surface area (Å²) in [6, 6.07) is 7.20.